The second-order valence-electron chi connectivity index (χ2n) is 7.35. The highest BCUT2D eigenvalue weighted by Crippen LogP contribution is 2.26. The second kappa shape index (κ2) is 10.6. The Kier molecular flexibility index (Phi) is 7.38. The Bertz CT molecular complexity index is 1270. The zero-order valence-corrected chi connectivity index (χ0v) is 20.0. The van der Waals surface area contributed by atoms with Crippen molar-refractivity contribution < 1.29 is 9.59 Å². The maximum Gasteiger partial charge on any atom is 0.195 e. The van der Waals surface area contributed by atoms with Crippen molar-refractivity contribution in [3.63, 3.8) is 0 Å². The SMILES string of the molecule is O=C(c1ccccc1)c1cc(Cl)ccc1NC(=S)Nc1ccc(Cl)cc1C(=O)c1ccccc1. The largest absolute Gasteiger partial charge is 0.332 e. The van der Waals surface area contributed by atoms with E-state index in [0.29, 0.717) is 43.7 Å². The van der Waals surface area contributed by atoms with Crippen LogP contribution in [-0.2, 0) is 0 Å². The van der Waals surface area contributed by atoms with Crippen molar-refractivity contribution in [2.45, 2.75) is 0 Å². The third-order valence-corrected chi connectivity index (χ3v) is 5.70. The van der Waals surface area contributed by atoms with E-state index >= 15 is 0 Å². The highest BCUT2D eigenvalue weighted by atomic mass is 35.5. The number of thiocarbonyl (C=S) groups is 1. The van der Waals surface area contributed by atoms with E-state index in [1.165, 1.54) is 0 Å². The average Bonchev–Trinajstić information content (AvgIpc) is 2.86. The standard InChI is InChI=1S/C27H18Cl2N2O2S/c28-19-11-13-23(21(15-19)25(32)17-7-3-1-4-8-17)30-27(34)31-24-14-12-20(29)16-22(24)26(33)18-9-5-2-6-10-18/h1-16H,(H2,30,31,34). The van der Waals surface area contributed by atoms with Crippen molar-refractivity contribution in [1.29, 1.82) is 0 Å². The molecule has 0 bridgehead atoms. The maximum absolute atomic E-state index is 13.1. The fourth-order valence-corrected chi connectivity index (χ4v) is 3.96. The van der Waals surface area contributed by atoms with Crippen molar-refractivity contribution in [3.8, 4) is 0 Å². The molecule has 0 aliphatic carbocycles. The summed E-state index contributed by atoms with van der Waals surface area (Å²) in [7, 11) is 0. The van der Waals surface area contributed by atoms with Crippen LogP contribution in [0.5, 0.6) is 0 Å². The van der Waals surface area contributed by atoms with E-state index in [9.17, 15) is 9.59 Å². The molecule has 0 radical (unpaired) electrons. The molecule has 4 nitrogen and oxygen atoms in total. The van der Waals surface area contributed by atoms with E-state index in [2.05, 4.69) is 10.6 Å². The van der Waals surface area contributed by atoms with Gasteiger partial charge in [0.05, 0.1) is 11.4 Å². The maximum atomic E-state index is 13.1. The molecule has 0 unspecified atom stereocenters. The van der Waals surface area contributed by atoms with Gasteiger partial charge in [-0.05, 0) is 48.6 Å². The van der Waals surface area contributed by atoms with E-state index in [1.807, 2.05) is 12.1 Å². The fraction of sp³-hybridized carbons (Fsp3) is 0. The fourth-order valence-electron chi connectivity index (χ4n) is 3.39. The van der Waals surface area contributed by atoms with Crippen molar-refractivity contribution in [3.05, 3.63) is 129 Å². The highest BCUT2D eigenvalue weighted by Gasteiger charge is 2.18. The number of hydrogen-bond donors (Lipinski definition) is 2. The molecule has 2 N–H and O–H groups in total. The first-order valence-corrected chi connectivity index (χ1v) is 11.5. The Morgan fingerprint density at radius 2 is 0.971 bits per heavy atom. The van der Waals surface area contributed by atoms with Crippen LogP contribution in [0.15, 0.2) is 97.1 Å². The van der Waals surface area contributed by atoms with Gasteiger partial charge >= 0.3 is 0 Å². The predicted molar refractivity (Wildman–Crippen MR) is 142 cm³/mol. The number of halogens is 2. The molecule has 0 saturated heterocycles. The van der Waals surface area contributed by atoms with Crippen LogP contribution in [0.25, 0.3) is 0 Å². The van der Waals surface area contributed by atoms with Crippen molar-refractivity contribution >= 4 is 63.5 Å². The summed E-state index contributed by atoms with van der Waals surface area (Å²) in [5, 5.41) is 7.17. The Hall–Kier alpha value is -3.51. The normalized spacial score (nSPS) is 10.4. The minimum Gasteiger partial charge on any atom is -0.332 e. The van der Waals surface area contributed by atoms with Gasteiger partial charge in [-0.15, -0.1) is 0 Å². The van der Waals surface area contributed by atoms with Gasteiger partial charge in [0.2, 0.25) is 0 Å². The molecule has 0 fully saturated rings. The Labute approximate surface area is 212 Å². The molecule has 0 atom stereocenters. The van der Waals surface area contributed by atoms with Crippen molar-refractivity contribution in [2.24, 2.45) is 0 Å². The first-order valence-electron chi connectivity index (χ1n) is 10.3. The summed E-state index contributed by atoms with van der Waals surface area (Å²) in [5.74, 6) is -0.389. The lowest BCUT2D eigenvalue weighted by atomic mass is 10.0. The van der Waals surface area contributed by atoms with Gasteiger partial charge in [0.25, 0.3) is 0 Å². The molecule has 0 aromatic heterocycles. The first kappa shape index (κ1) is 23.6. The average molecular weight is 505 g/mol. The van der Waals surface area contributed by atoms with Gasteiger partial charge in [0.1, 0.15) is 0 Å². The number of anilines is 2. The molecule has 0 saturated carbocycles. The topological polar surface area (TPSA) is 58.2 Å². The van der Waals surface area contributed by atoms with Gasteiger partial charge in [-0.25, -0.2) is 0 Å². The number of carbonyl (C=O) groups excluding carboxylic acids is 2. The van der Waals surface area contributed by atoms with Crippen LogP contribution in [0.2, 0.25) is 10.0 Å². The monoisotopic (exact) mass is 504 g/mol. The van der Waals surface area contributed by atoms with Gasteiger partial charge in [0, 0.05) is 32.3 Å². The van der Waals surface area contributed by atoms with Gasteiger partial charge in [-0.1, -0.05) is 83.9 Å². The third-order valence-electron chi connectivity index (χ3n) is 5.02. The summed E-state index contributed by atoms with van der Waals surface area (Å²) in [5.41, 5.74) is 2.78. The van der Waals surface area contributed by atoms with Crippen LogP contribution < -0.4 is 10.6 Å². The molecule has 0 aliphatic rings. The van der Waals surface area contributed by atoms with Crippen LogP contribution >= 0.6 is 35.4 Å². The number of hydrogen-bond acceptors (Lipinski definition) is 3. The van der Waals surface area contributed by atoms with E-state index in [0.717, 1.165) is 0 Å². The lowest BCUT2D eigenvalue weighted by molar-refractivity contribution is 0.103. The zero-order chi connectivity index (χ0) is 24.1. The van der Waals surface area contributed by atoms with Gasteiger partial charge in [0.15, 0.2) is 16.7 Å². The lowest BCUT2D eigenvalue weighted by Crippen LogP contribution is -2.22. The first-order chi connectivity index (χ1) is 16.4. The minimum absolute atomic E-state index is 0.195. The molecule has 4 rings (SSSR count). The van der Waals surface area contributed by atoms with Crippen LogP contribution in [-0.4, -0.2) is 16.7 Å². The summed E-state index contributed by atoms with van der Waals surface area (Å²) >= 11 is 17.8. The molecule has 0 aliphatic heterocycles. The van der Waals surface area contributed by atoms with E-state index in [4.69, 9.17) is 35.4 Å². The molecular weight excluding hydrogens is 487 g/mol. The van der Waals surface area contributed by atoms with E-state index in [1.54, 1.807) is 84.9 Å². The number of benzene rings is 4. The molecule has 4 aromatic rings. The minimum atomic E-state index is -0.195. The number of nitrogens with one attached hydrogen (secondary N) is 2. The lowest BCUT2D eigenvalue weighted by Gasteiger charge is -2.16. The summed E-state index contributed by atoms with van der Waals surface area (Å²) in [6.45, 7) is 0. The van der Waals surface area contributed by atoms with Crippen LogP contribution in [0.4, 0.5) is 11.4 Å². The highest BCUT2D eigenvalue weighted by molar-refractivity contribution is 7.80. The van der Waals surface area contributed by atoms with Crippen LogP contribution in [0.3, 0.4) is 0 Å². The Morgan fingerprint density at radius 3 is 1.35 bits per heavy atom. The summed E-state index contributed by atoms with van der Waals surface area (Å²) in [6, 6.07) is 27.7. The molecule has 7 heteroatoms. The van der Waals surface area contributed by atoms with Crippen LogP contribution in [0, 0.1) is 0 Å². The van der Waals surface area contributed by atoms with E-state index in [-0.39, 0.29) is 16.7 Å². The van der Waals surface area contributed by atoms with E-state index < -0.39 is 0 Å². The molecule has 4 aromatic carbocycles. The van der Waals surface area contributed by atoms with Crippen molar-refractivity contribution in [1.82, 2.24) is 0 Å². The predicted octanol–water partition coefficient (Wildman–Crippen LogP) is 7.26. The molecular formula is C27H18Cl2N2O2S. The van der Waals surface area contributed by atoms with Gasteiger partial charge < -0.3 is 10.6 Å². The van der Waals surface area contributed by atoms with Crippen LogP contribution in [0.1, 0.15) is 31.8 Å². The third kappa shape index (κ3) is 5.51. The Balaban J connectivity index is 1.60. The molecule has 0 spiro atoms. The zero-order valence-electron chi connectivity index (χ0n) is 17.7. The van der Waals surface area contributed by atoms with Gasteiger partial charge in [-0.2, -0.15) is 0 Å². The quantitative estimate of drug-likeness (QED) is 0.213. The molecule has 34 heavy (non-hydrogen) atoms. The number of rotatable bonds is 6. The number of ketones is 2. The summed E-state index contributed by atoms with van der Waals surface area (Å²) < 4.78 is 0. The molecule has 168 valence electrons. The number of carbonyl (C=O) groups is 2. The van der Waals surface area contributed by atoms with Crippen molar-refractivity contribution in [2.75, 3.05) is 10.6 Å². The van der Waals surface area contributed by atoms with Gasteiger partial charge in [-0.3, -0.25) is 9.59 Å². The Morgan fingerprint density at radius 1 is 0.588 bits per heavy atom. The summed E-state index contributed by atoms with van der Waals surface area (Å²) in [4.78, 5) is 26.2. The molecule has 0 amide bonds. The second-order valence-corrected chi connectivity index (χ2v) is 8.63. The smallest absolute Gasteiger partial charge is 0.195 e. The summed E-state index contributed by atoms with van der Waals surface area (Å²) in [6.07, 6.45) is 0. The molecule has 0 heterocycles.